The molecule has 3 fully saturated rings. The molecule has 8 nitrogen and oxygen atoms in total. The molecule has 5 rings (SSSR count). The molecule has 1 saturated carbocycles. The van der Waals surface area contributed by atoms with Crippen LogP contribution in [-0.2, 0) is 9.53 Å². The fourth-order valence-corrected chi connectivity index (χ4v) is 4.77. The molecule has 0 spiro atoms. The topological polar surface area (TPSA) is 102 Å². The van der Waals surface area contributed by atoms with E-state index in [0.717, 1.165) is 23.2 Å². The van der Waals surface area contributed by atoms with Crippen LogP contribution in [-0.4, -0.2) is 83.0 Å². The van der Waals surface area contributed by atoms with Crippen molar-refractivity contribution in [3.05, 3.63) is 54.1 Å². The summed E-state index contributed by atoms with van der Waals surface area (Å²) in [6, 6.07) is 15.2. The zero-order valence-corrected chi connectivity index (χ0v) is 20.1. The summed E-state index contributed by atoms with van der Waals surface area (Å²) < 4.78 is 5.27. The fourth-order valence-electron chi connectivity index (χ4n) is 4.77. The molecule has 2 saturated heterocycles. The number of carbonyl (C=O) groups excluding carboxylic acids is 2. The monoisotopic (exact) mass is 479 g/mol. The highest BCUT2D eigenvalue weighted by Crippen LogP contribution is 2.40. The van der Waals surface area contributed by atoms with Crippen molar-refractivity contribution in [2.75, 3.05) is 44.7 Å². The molecule has 35 heavy (non-hydrogen) atoms. The van der Waals surface area contributed by atoms with Crippen LogP contribution in [0.25, 0.3) is 11.1 Å². The average Bonchev–Trinajstić information content (AvgIpc) is 3.61. The molecule has 1 aliphatic carbocycles. The quantitative estimate of drug-likeness (QED) is 0.563. The molecule has 0 aromatic heterocycles. The summed E-state index contributed by atoms with van der Waals surface area (Å²) in [7, 11) is 0. The highest BCUT2D eigenvalue weighted by atomic mass is 16.5. The smallest absolute Gasteiger partial charge is 0.253 e. The van der Waals surface area contributed by atoms with Crippen molar-refractivity contribution in [3.63, 3.8) is 0 Å². The molecule has 186 valence electrons. The summed E-state index contributed by atoms with van der Waals surface area (Å²) in [4.78, 5) is 29.4. The van der Waals surface area contributed by atoms with Crippen LogP contribution in [0, 0.1) is 5.41 Å². The van der Waals surface area contributed by atoms with Gasteiger partial charge in [-0.25, -0.2) is 0 Å². The van der Waals surface area contributed by atoms with Crippen molar-refractivity contribution < 1.29 is 24.5 Å². The van der Waals surface area contributed by atoms with Crippen LogP contribution < -0.4 is 5.32 Å². The third-order valence-corrected chi connectivity index (χ3v) is 7.69. The predicted molar refractivity (Wildman–Crippen MR) is 132 cm³/mol. The lowest BCUT2D eigenvalue weighted by atomic mass is 9.82. The number of carbonyl (C=O) groups is 2. The maximum atomic E-state index is 13.0. The van der Waals surface area contributed by atoms with E-state index in [4.69, 9.17) is 4.74 Å². The van der Waals surface area contributed by atoms with E-state index in [1.165, 1.54) is 0 Å². The van der Waals surface area contributed by atoms with E-state index in [2.05, 4.69) is 5.32 Å². The lowest BCUT2D eigenvalue weighted by Crippen LogP contribution is -2.55. The van der Waals surface area contributed by atoms with Gasteiger partial charge in [-0.1, -0.05) is 31.2 Å². The van der Waals surface area contributed by atoms with Gasteiger partial charge in [0, 0.05) is 37.4 Å². The minimum Gasteiger partial charge on any atom is -0.386 e. The van der Waals surface area contributed by atoms with Crippen LogP contribution >= 0.6 is 0 Å². The van der Waals surface area contributed by atoms with Crippen LogP contribution in [0.5, 0.6) is 0 Å². The van der Waals surface area contributed by atoms with Crippen molar-refractivity contribution in [3.8, 4) is 11.1 Å². The number of ether oxygens (including phenoxy) is 1. The molecular weight excluding hydrogens is 446 g/mol. The summed E-state index contributed by atoms with van der Waals surface area (Å²) >= 11 is 0. The van der Waals surface area contributed by atoms with E-state index in [1.54, 1.807) is 4.90 Å². The molecule has 2 aromatic carbocycles. The van der Waals surface area contributed by atoms with Gasteiger partial charge in [0.25, 0.3) is 5.91 Å². The third kappa shape index (κ3) is 4.71. The largest absolute Gasteiger partial charge is 0.386 e. The van der Waals surface area contributed by atoms with Crippen LogP contribution in [0.3, 0.4) is 0 Å². The summed E-state index contributed by atoms with van der Waals surface area (Å²) in [5.41, 5.74) is 1.87. The highest BCUT2D eigenvalue weighted by Gasteiger charge is 2.50. The first-order valence-electron chi connectivity index (χ1n) is 12.4. The van der Waals surface area contributed by atoms with Crippen molar-refractivity contribution in [2.45, 2.75) is 38.0 Å². The van der Waals surface area contributed by atoms with Crippen molar-refractivity contribution >= 4 is 17.5 Å². The number of nitrogens with zero attached hydrogens (tertiary/aromatic N) is 2. The Morgan fingerprint density at radius 3 is 2.29 bits per heavy atom. The average molecular weight is 480 g/mol. The number of piperazine rings is 1. The van der Waals surface area contributed by atoms with Gasteiger partial charge in [-0.15, -0.1) is 0 Å². The first kappa shape index (κ1) is 23.9. The second kappa shape index (κ2) is 9.35. The second-order valence-electron chi connectivity index (χ2n) is 10.0. The molecule has 2 amide bonds. The molecule has 1 unspecified atom stereocenters. The SMILES string of the molecule is CCC1(C(=O)Nc2cccc(-c3ccc(C(=O)N4CCN(C(O)C5(O)CC5)CC4)cc3)c2)COC1. The van der Waals surface area contributed by atoms with Gasteiger partial charge in [-0.2, -0.15) is 0 Å². The fraction of sp³-hybridized carbons (Fsp3) is 0.481. The Labute approximate surface area is 205 Å². The third-order valence-electron chi connectivity index (χ3n) is 7.69. The van der Waals surface area contributed by atoms with E-state index in [1.807, 2.05) is 60.4 Å². The van der Waals surface area contributed by atoms with Gasteiger partial charge in [0.2, 0.25) is 5.91 Å². The van der Waals surface area contributed by atoms with Gasteiger partial charge >= 0.3 is 0 Å². The minimum absolute atomic E-state index is 0.0109. The second-order valence-corrected chi connectivity index (χ2v) is 10.0. The molecule has 3 N–H and O–H groups in total. The Balaban J connectivity index is 1.20. The van der Waals surface area contributed by atoms with Crippen LogP contribution in [0.1, 0.15) is 36.5 Å². The summed E-state index contributed by atoms with van der Waals surface area (Å²) in [6.07, 6.45) is 1.15. The molecule has 1 atom stereocenters. The standard InChI is InChI=1S/C27H33N3O5/c1-2-26(17-35-18-26)24(32)28-22-5-3-4-21(16-22)19-6-8-20(9-7-19)23(31)29-12-14-30(15-13-29)25(33)27(34)10-11-27/h3-9,16,25,33-34H,2,10-15,17-18H2,1H3,(H,28,32). The minimum atomic E-state index is -0.967. The number of aliphatic hydroxyl groups excluding tert-OH is 1. The Kier molecular flexibility index (Phi) is 6.40. The number of nitrogens with one attached hydrogen (secondary N) is 1. The molecule has 8 heteroatoms. The summed E-state index contributed by atoms with van der Waals surface area (Å²) in [5, 5.41) is 23.5. The molecule has 2 aliphatic heterocycles. The Bertz CT molecular complexity index is 1080. The van der Waals surface area contributed by atoms with E-state index in [9.17, 15) is 19.8 Å². The Morgan fingerprint density at radius 1 is 1.03 bits per heavy atom. The van der Waals surface area contributed by atoms with Crippen LogP contribution in [0.2, 0.25) is 0 Å². The lowest BCUT2D eigenvalue weighted by Gasteiger charge is -2.39. The molecule has 0 bridgehead atoms. The maximum Gasteiger partial charge on any atom is 0.253 e. The molecule has 0 radical (unpaired) electrons. The van der Waals surface area contributed by atoms with Gasteiger partial charge in [0.1, 0.15) is 11.8 Å². The van der Waals surface area contributed by atoms with Gasteiger partial charge in [-0.05, 0) is 54.7 Å². The number of hydrogen-bond acceptors (Lipinski definition) is 6. The molecule has 3 aliphatic rings. The van der Waals surface area contributed by atoms with Crippen molar-refractivity contribution in [1.29, 1.82) is 0 Å². The van der Waals surface area contributed by atoms with Crippen LogP contribution in [0.4, 0.5) is 5.69 Å². The molecule has 2 aromatic rings. The van der Waals surface area contributed by atoms with Crippen molar-refractivity contribution in [2.24, 2.45) is 5.41 Å². The van der Waals surface area contributed by atoms with E-state index in [0.29, 0.717) is 57.8 Å². The van der Waals surface area contributed by atoms with E-state index in [-0.39, 0.29) is 11.8 Å². The number of anilines is 1. The number of aliphatic hydroxyl groups is 2. The van der Waals surface area contributed by atoms with Gasteiger partial charge in [0.15, 0.2) is 0 Å². The normalized spacial score (nSPS) is 21.6. The van der Waals surface area contributed by atoms with Gasteiger partial charge in [0.05, 0.1) is 18.6 Å². The first-order valence-corrected chi connectivity index (χ1v) is 12.4. The van der Waals surface area contributed by atoms with Crippen LogP contribution in [0.15, 0.2) is 48.5 Å². The number of benzene rings is 2. The van der Waals surface area contributed by atoms with E-state index >= 15 is 0 Å². The number of amides is 2. The molecular formula is C27H33N3O5. The van der Waals surface area contributed by atoms with Gasteiger partial charge < -0.3 is 25.2 Å². The Hall–Kier alpha value is -2.78. The highest BCUT2D eigenvalue weighted by molar-refractivity contribution is 5.97. The first-order chi connectivity index (χ1) is 16.8. The zero-order chi connectivity index (χ0) is 24.6. The Morgan fingerprint density at radius 2 is 1.71 bits per heavy atom. The summed E-state index contributed by atoms with van der Waals surface area (Å²) in [5.74, 6) is -0.0485. The van der Waals surface area contributed by atoms with E-state index < -0.39 is 17.2 Å². The molecule has 2 heterocycles. The lowest BCUT2D eigenvalue weighted by molar-refractivity contribution is -0.156. The summed E-state index contributed by atoms with van der Waals surface area (Å²) in [6.45, 7) is 5.03. The number of hydrogen-bond donors (Lipinski definition) is 3. The van der Waals surface area contributed by atoms with Gasteiger partial charge in [-0.3, -0.25) is 14.5 Å². The zero-order valence-electron chi connectivity index (χ0n) is 20.1. The predicted octanol–water partition coefficient (Wildman–Crippen LogP) is 2.32. The maximum absolute atomic E-state index is 13.0. The van der Waals surface area contributed by atoms with Crippen molar-refractivity contribution in [1.82, 2.24) is 9.80 Å². The number of rotatable bonds is 7.